The zero-order valence-corrected chi connectivity index (χ0v) is 12.4. The molecule has 2 atom stereocenters. The molecule has 0 unspecified atom stereocenters. The van der Waals surface area contributed by atoms with Crippen LogP contribution in [0.25, 0.3) is 0 Å². The average Bonchev–Trinajstić information content (AvgIpc) is 2.88. The fourth-order valence-electron chi connectivity index (χ4n) is 3.18. The number of hydrazone groups is 1. The van der Waals surface area contributed by atoms with Crippen LogP contribution < -0.4 is 0 Å². The second-order valence-corrected chi connectivity index (χ2v) is 5.59. The van der Waals surface area contributed by atoms with Crippen molar-refractivity contribution in [2.45, 2.75) is 31.4 Å². The lowest BCUT2D eigenvalue weighted by atomic mass is 9.80. The minimum Gasteiger partial charge on any atom is -0.465 e. The van der Waals surface area contributed by atoms with E-state index in [9.17, 15) is 14.7 Å². The van der Waals surface area contributed by atoms with Gasteiger partial charge in [-0.25, -0.2) is 4.79 Å². The molecule has 1 aliphatic carbocycles. The number of methoxy groups -OCH3 is 1. The molecule has 6 nitrogen and oxygen atoms in total. The summed E-state index contributed by atoms with van der Waals surface area (Å²) in [6, 6.07) is 8.49. The SMILES string of the molecule is COC(=O)[C@@]1(O)[C@@H]2CCCCC2=NN1C(=O)c1ccccc1. The minimum atomic E-state index is -2.04. The monoisotopic (exact) mass is 302 g/mol. The van der Waals surface area contributed by atoms with Crippen molar-refractivity contribution in [3.05, 3.63) is 35.9 Å². The number of aliphatic hydroxyl groups is 1. The van der Waals surface area contributed by atoms with Crippen LogP contribution in [0.5, 0.6) is 0 Å². The number of esters is 1. The molecule has 1 saturated carbocycles. The van der Waals surface area contributed by atoms with Crippen molar-refractivity contribution in [3.63, 3.8) is 0 Å². The Morgan fingerprint density at radius 2 is 2.05 bits per heavy atom. The highest BCUT2D eigenvalue weighted by molar-refractivity contribution is 6.04. The molecule has 1 aliphatic heterocycles. The van der Waals surface area contributed by atoms with Crippen LogP contribution in [0.4, 0.5) is 0 Å². The lowest BCUT2D eigenvalue weighted by Gasteiger charge is -2.34. The first-order valence-electron chi connectivity index (χ1n) is 7.36. The molecule has 1 aromatic carbocycles. The van der Waals surface area contributed by atoms with Crippen molar-refractivity contribution in [3.8, 4) is 0 Å². The van der Waals surface area contributed by atoms with Gasteiger partial charge in [0.05, 0.1) is 13.0 Å². The third-order valence-electron chi connectivity index (χ3n) is 4.31. The van der Waals surface area contributed by atoms with Gasteiger partial charge in [-0.2, -0.15) is 10.1 Å². The van der Waals surface area contributed by atoms with Gasteiger partial charge < -0.3 is 9.84 Å². The summed E-state index contributed by atoms with van der Waals surface area (Å²) in [6.07, 6.45) is 3.13. The smallest absolute Gasteiger partial charge is 0.362 e. The highest BCUT2D eigenvalue weighted by Crippen LogP contribution is 2.40. The Labute approximate surface area is 128 Å². The first kappa shape index (κ1) is 14.7. The maximum absolute atomic E-state index is 12.7. The largest absolute Gasteiger partial charge is 0.465 e. The molecule has 6 heteroatoms. The van der Waals surface area contributed by atoms with Crippen LogP contribution in [0, 0.1) is 5.92 Å². The lowest BCUT2D eigenvalue weighted by Crippen LogP contribution is -2.57. The Morgan fingerprint density at radius 1 is 1.32 bits per heavy atom. The number of hydrogen-bond donors (Lipinski definition) is 1. The van der Waals surface area contributed by atoms with E-state index in [0.717, 1.165) is 17.9 Å². The Kier molecular flexibility index (Phi) is 3.70. The van der Waals surface area contributed by atoms with Crippen LogP contribution in [0.1, 0.15) is 36.0 Å². The van der Waals surface area contributed by atoms with E-state index in [0.29, 0.717) is 24.1 Å². The van der Waals surface area contributed by atoms with Crippen molar-refractivity contribution in [2.75, 3.05) is 7.11 Å². The van der Waals surface area contributed by atoms with Gasteiger partial charge in [0.1, 0.15) is 0 Å². The van der Waals surface area contributed by atoms with E-state index < -0.39 is 23.5 Å². The maximum atomic E-state index is 12.7. The molecule has 0 spiro atoms. The van der Waals surface area contributed by atoms with E-state index in [2.05, 4.69) is 5.10 Å². The minimum absolute atomic E-state index is 0.368. The van der Waals surface area contributed by atoms with Crippen LogP contribution >= 0.6 is 0 Å². The number of benzene rings is 1. The molecule has 1 heterocycles. The molecule has 2 aliphatic rings. The number of carbonyl (C=O) groups is 2. The molecule has 0 radical (unpaired) electrons. The third-order valence-corrected chi connectivity index (χ3v) is 4.31. The summed E-state index contributed by atoms with van der Waals surface area (Å²) < 4.78 is 4.75. The van der Waals surface area contributed by atoms with Crippen LogP contribution in [-0.4, -0.2) is 40.5 Å². The van der Waals surface area contributed by atoms with Gasteiger partial charge in [0.15, 0.2) is 0 Å². The van der Waals surface area contributed by atoms with Gasteiger partial charge in [-0.15, -0.1) is 0 Å². The second-order valence-electron chi connectivity index (χ2n) is 5.59. The number of amides is 1. The molecular weight excluding hydrogens is 284 g/mol. The predicted octanol–water partition coefficient (Wildman–Crippen LogP) is 1.55. The summed E-state index contributed by atoms with van der Waals surface area (Å²) in [5, 5.41) is 16.1. The number of fused-ring (bicyclic) bond motifs is 1. The van der Waals surface area contributed by atoms with Gasteiger partial charge in [-0.1, -0.05) is 24.6 Å². The van der Waals surface area contributed by atoms with Gasteiger partial charge in [0.2, 0.25) is 0 Å². The molecule has 0 aromatic heterocycles. The van der Waals surface area contributed by atoms with Crippen molar-refractivity contribution in [2.24, 2.45) is 11.0 Å². The number of carbonyl (C=O) groups excluding carboxylic acids is 2. The number of ether oxygens (including phenoxy) is 1. The van der Waals surface area contributed by atoms with Crippen LogP contribution in [-0.2, 0) is 9.53 Å². The summed E-state index contributed by atoms with van der Waals surface area (Å²) in [5.74, 6) is -1.83. The number of nitrogens with zero attached hydrogens (tertiary/aromatic N) is 2. The van der Waals surface area contributed by atoms with E-state index in [1.165, 1.54) is 7.11 Å². The van der Waals surface area contributed by atoms with E-state index in [1.54, 1.807) is 30.3 Å². The average molecular weight is 302 g/mol. The Bertz CT molecular complexity index is 628. The molecule has 22 heavy (non-hydrogen) atoms. The fraction of sp³-hybridized carbons (Fsp3) is 0.438. The topological polar surface area (TPSA) is 79.2 Å². The van der Waals surface area contributed by atoms with E-state index in [-0.39, 0.29) is 0 Å². The first-order chi connectivity index (χ1) is 10.6. The van der Waals surface area contributed by atoms with Gasteiger partial charge in [0.25, 0.3) is 11.6 Å². The molecule has 0 bridgehead atoms. The number of rotatable bonds is 2. The summed E-state index contributed by atoms with van der Waals surface area (Å²) in [6.45, 7) is 0. The fourth-order valence-corrected chi connectivity index (χ4v) is 3.18. The Balaban J connectivity index is 2.02. The Hall–Kier alpha value is -2.21. The second kappa shape index (κ2) is 5.53. The van der Waals surface area contributed by atoms with Gasteiger partial charge >= 0.3 is 5.97 Å². The molecule has 3 rings (SSSR count). The summed E-state index contributed by atoms with van der Waals surface area (Å²) in [4.78, 5) is 24.9. The van der Waals surface area contributed by atoms with E-state index in [1.807, 2.05) is 0 Å². The summed E-state index contributed by atoms with van der Waals surface area (Å²) in [7, 11) is 1.20. The zero-order chi connectivity index (χ0) is 15.7. The van der Waals surface area contributed by atoms with Crippen molar-refractivity contribution in [1.82, 2.24) is 5.01 Å². The normalized spacial score (nSPS) is 27.1. The van der Waals surface area contributed by atoms with Crippen molar-refractivity contribution < 1.29 is 19.4 Å². The van der Waals surface area contributed by atoms with Crippen molar-refractivity contribution in [1.29, 1.82) is 0 Å². The molecular formula is C16H18N2O4. The van der Waals surface area contributed by atoms with Crippen LogP contribution in [0.15, 0.2) is 35.4 Å². The van der Waals surface area contributed by atoms with Crippen molar-refractivity contribution >= 4 is 17.6 Å². The van der Waals surface area contributed by atoms with Crippen LogP contribution in [0.2, 0.25) is 0 Å². The first-order valence-corrected chi connectivity index (χ1v) is 7.36. The highest BCUT2D eigenvalue weighted by Gasteiger charge is 2.59. The zero-order valence-electron chi connectivity index (χ0n) is 12.4. The number of hydrogen-bond acceptors (Lipinski definition) is 5. The summed E-state index contributed by atoms with van der Waals surface area (Å²) in [5.41, 5.74) is -0.978. The summed E-state index contributed by atoms with van der Waals surface area (Å²) >= 11 is 0. The molecule has 116 valence electrons. The van der Waals surface area contributed by atoms with Gasteiger partial charge in [-0.05, 0) is 31.4 Å². The standard InChI is InChI=1S/C16H18N2O4/c1-22-15(20)16(21)12-9-5-6-10-13(12)17-18(16)14(19)11-7-3-2-4-8-11/h2-4,7-8,12,21H,5-6,9-10H2,1H3/t12-,16+/m1/s1. The molecule has 1 amide bonds. The molecule has 1 fully saturated rings. The van der Waals surface area contributed by atoms with E-state index >= 15 is 0 Å². The quantitative estimate of drug-likeness (QED) is 0.841. The third kappa shape index (κ3) is 2.11. The molecule has 1 N–H and O–H groups in total. The Morgan fingerprint density at radius 3 is 2.73 bits per heavy atom. The predicted molar refractivity (Wildman–Crippen MR) is 79.0 cm³/mol. The molecule has 1 aromatic rings. The van der Waals surface area contributed by atoms with Gasteiger partial charge in [0, 0.05) is 11.3 Å². The molecule has 0 saturated heterocycles. The highest BCUT2D eigenvalue weighted by atomic mass is 16.5. The van der Waals surface area contributed by atoms with Crippen LogP contribution in [0.3, 0.4) is 0 Å². The van der Waals surface area contributed by atoms with E-state index in [4.69, 9.17) is 4.74 Å². The van der Waals surface area contributed by atoms with Gasteiger partial charge in [-0.3, -0.25) is 4.79 Å². The maximum Gasteiger partial charge on any atom is 0.362 e. The lowest BCUT2D eigenvalue weighted by molar-refractivity contribution is -0.184.